The van der Waals surface area contributed by atoms with Crippen LogP contribution in [0, 0.1) is 0 Å². The molecule has 9 heteroatoms. The van der Waals surface area contributed by atoms with Crippen LogP contribution < -0.4 is 5.32 Å². The monoisotopic (exact) mass is 475 g/mol. The molecular formula is C27H25N9. The summed E-state index contributed by atoms with van der Waals surface area (Å²) in [6.45, 7) is 4.82. The van der Waals surface area contributed by atoms with Crippen LogP contribution >= 0.6 is 0 Å². The number of hydrogen-bond donors (Lipinski definition) is 3. The summed E-state index contributed by atoms with van der Waals surface area (Å²) in [6.07, 6.45) is 14.5. The van der Waals surface area contributed by atoms with Gasteiger partial charge < -0.3 is 15.2 Å². The normalized spacial score (nSPS) is 13.1. The van der Waals surface area contributed by atoms with Gasteiger partial charge in [0.15, 0.2) is 5.82 Å². The van der Waals surface area contributed by atoms with Crippen molar-refractivity contribution in [2.45, 2.75) is 6.42 Å². The number of nitrogens with one attached hydrogen (secondary N) is 3. The van der Waals surface area contributed by atoms with Crippen LogP contribution in [0.5, 0.6) is 0 Å². The Balaban J connectivity index is 1.37. The molecule has 1 aliphatic carbocycles. The number of fused-ring (bicyclic) bond motifs is 2. The fourth-order valence-corrected chi connectivity index (χ4v) is 4.42. The van der Waals surface area contributed by atoms with E-state index in [1.165, 1.54) is 0 Å². The van der Waals surface area contributed by atoms with E-state index in [0.29, 0.717) is 5.82 Å². The lowest BCUT2D eigenvalue weighted by molar-refractivity contribution is 0.447. The van der Waals surface area contributed by atoms with E-state index in [1.807, 2.05) is 32.3 Å². The molecule has 0 amide bonds. The van der Waals surface area contributed by atoms with Crippen molar-refractivity contribution in [2.75, 3.05) is 26.0 Å². The zero-order valence-electron chi connectivity index (χ0n) is 20.1. The fraction of sp³-hybridized carbons (Fsp3) is 0.148. The number of rotatable bonds is 7. The van der Waals surface area contributed by atoms with Gasteiger partial charge in [0.25, 0.3) is 0 Å². The Morgan fingerprint density at radius 2 is 2.03 bits per heavy atom. The first-order chi connectivity index (χ1) is 17.5. The number of imidazole rings is 1. The van der Waals surface area contributed by atoms with Crippen LogP contribution in [0.4, 0.5) is 5.69 Å². The minimum atomic E-state index is 0.679. The molecule has 0 spiro atoms. The lowest BCUT2D eigenvalue weighted by Crippen LogP contribution is -2.18. The first kappa shape index (κ1) is 21.9. The smallest absolute Gasteiger partial charge is 0.159 e. The topological polar surface area (TPSA) is 111 Å². The molecule has 0 saturated carbocycles. The summed E-state index contributed by atoms with van der Waals surface area (Å²) in [4.78, 5) is 24.0. The fourth-order valence-electron chi connectivity index (χ4n) is 4.42. The van der Waals surface area contributed by atoms with Gasteiger partial charge in [0.05, 0.1) is 40.5 Å². The number of hydrogen-bond acceptors (Lipinski definition) is 7. The van der Waals surface area contributed by atoms with Gasteiger partial charge in [-0.1, -0.05) is 24.8 Å². The molecule has 0 aromatic carbocycles. The molecule has 1 aliphatic rings. The van der Waals surface area contributed by atoms with Crippen molar-refractivity contribution < 1.29 is 0 Å². The van der Waals surface area contributed by atoms with Crippen LogP contribution in [0.3, 0.4) is 0 Å². The maximum absolute atomic E-state index is 4.89. The van der Waals surface area contributed by atoms with Crippen LogP contribution in [0.25, 0.3) is 50.3 Å². The zero-order chi connectivity index (χ0) is 24.6. The van der Waals surface area contributed by atoms with Crippen molar-refractivity contribution in [2.24, 2.45) is 0 Å². The number of aromatic nitrogens is 7. The van der Waals surface area contributed by atoms with Gasteiger partial charge in [-0.3, -0.25) is 20.1 Å². The van der Waals surface area contributed by atoms with Crippen molar-refractivity contribution in [1.29, 1.82) is 0 Å². The van der Waals surface area contributed by atoms with Gasteiger partial charge in [0.2, 0.25) is 0 Å². The first-order valence-corrected chi connectivity index (χ1v) is 11.7. The highest BCUT2D eigenvalue weighted by Gasteiger charge is 2.17. The van der Waals surface area contributed by atoms with Crippen LogP contribution in [0.1, 0.15) is 12.1 Å². The van der Waals surface area contributed by atoms with Gasteiger partial charge in [-0.15, -0.1) is 0 Å². The molecular weight excluding hydrogens is 450 g/mol. The Morgan fingerprint density at radius 1 is 1.11 bits per heavy atom. The number of nitrogens with zero attached hydrogens (tertiary/aromatic N) is 6. The third-order valence-electron chi connectivity index (χ3n) is 5.98. The van der Waals surface area contributed by atoms with Gasteiger partial charge >= 0.3 is 0 Å². The van der Waals surface area contributed by atoms with E-state index in [4.69, 9.17) is 4.98 Å². The van der Waals surface area contributed by atoms with E-state index < -0.39 is 0 Å². The Hall–Kier alpha value is -4.63. The van der Waals surface area contributed by atoms with Gasteiger partial charge in [0.1, 0.15) is 11.2 Å². The third-order valence-corrected chi connectivity index (χ3v) is 5.98. The lowest BCUT2D eigenvalue weighted by atomic mass is 10.1. The van der Waals surface area contributed by atoms with Crippen LogP contribution in [-0.4, -0.2) is 60.7 Å². The van der Waals surface area contributed by atoms with Gasteiger partial charge in [-0.2, -0.15) is 5.10 Å². The Labute approximate surface area is 207 Å². The van der Waals surface area contributed by atoms with Crippen molar-refractivity contribution >= 4 is 33.2 Å². The van der Waals surface area contributed by atoms with Crippen molar-refractivity contribution in [3.8, 4) is 22.8 Å². The number of aromatic amines is 2. The van der Waals surface area contributed by atoms with Crippen molar-refractivity contribution in [3.05, 3.63) is 79.2 Å². The molecule has 0 fully saturated rings. The highest BCUT2D eigenvalue weighted by Crippen LogP contribution is 2.32. The minimum Gasteiger partial charge on any atom is -0.357 e. The first-order valence-electron chi connectivity index (χ1n) is 11.7. The maximum Gasteiger partial charge on any atom is 0.159 e. The number of allylic oxidation sites excluding steroid dienone is 4. The molecule has 5 aromatic heterocycles. The molecule has 0 unspecified atom stereocenters. The summed E-state index contributed by atoms with van der Waals surface area (Å²) >= 11 is 0. The molecule has 0 aliphatic heterocycles. The second-order valence-electron chi connectivity index (χ2n) is 9.05. The Kier molecular flexibility index (Phi) is 5.38. The third kappa shape index (κ3) is 4.05. The van der Waals surface area contributed by atoms with E-state index in [0.717, 1.165) is 74.5 Å². The molecule has 6 rings (SSSR count). The van der Waals surface area contributed by atoms with Gasteiger partial charge in [-0.25, -0.2) is 4.98 Å². The Bertz CT molecular complexity index is 1670. The average Bonchev–Trinajstić information content (AvgIpc) is 3.62. The summed E-state index contributed by atoms with van der Waals surface area (Å²) in [7, 11) is 4.01. The van der Waals surface area contributed by atoms with E-state index in [9.17, 15) is 0 Å². The molecule has 0 bridgehead atoms. The zero-order valence-corrected chi connectivity index (χ0v) is 20.1. The van der Waals surface area contributed by atoms with Crippen LogP contribution in [-0.2, 0) is 0 Å². The molecule has 36 heavy (non-hydrogen) atoms. The van der Waals surface area contributed by atoms with Crippen LogP contribution in [0.15, 0.2) is 73.5 Å². The standard InChI is InChI=1S/C27H25N9/c1-16(15-36(2)3)31-19-10-18(12-28-13-19)22-11-20-23(14-30-22)34-35-25(20)27-32-21-8-9-29-24(26(21)33-27)17-6-4-5-7-17/h4,6-14,31H,1,5,15H2,2-3H3,(H,32,33)(H,34,35). The second kappa shape index (κ2) is 8.86. The Morgan fingerprint density at radius 3 is 2.86 bits per heavy atom. The summed E-state index contributed by atoms with van der Waals surface area (Å²) < 4.78 is 0. The SMILES string of the molecule is C=C(CN(C)C)Nc1cncc(-c2cc3c(-c4nc5c(C6=CCC=C6)nccc5[nH]4)n[nH]c3cn2)c1. The number of anilines is 1. The van der Waals surface area contributed by atoms with Crippen LogP contribution in [0.2, 0.25) is 0 Å². The lowest BCUT2D eigenvalue weighted by Gasteiger charge is -2.14. The van der Waals surface area contributed by atoms with Crippen molar-refractivity contribution in [3.63, 3.8) is 0 Å². The molecule has 0 atom stereocenters. The van der Waals surface area contributed by atoms with E-state index in [2.05, 4.69) is 65.2 Å². The molecule has 5 heterocycles. The average molecular weight is 476 g/mol. The number of pyridine rings is 3. The predicted octanol–water partition coefficient (Wildman–Crippen LogP) is 4.79. The van der Waals surface area contributed by atoms with Crippen molar-refractivity contribution in [1.82, 2.24) is 40.0 Å². The van der Waals surface area contributed by atoms with E-state index in [1.54, 1.807) is 24.8 Å². The molecule has 178 valence electrons. The summed E-state index contributed by atoms with van der Waals surface area (Å²) in [5.41, 5.74) is 8.71. The minimum absolute atomic E-state index is 0.679. The van der Waals surface area contributed by atoms with Gasteiger partial charge in [0, 0.05) is 35.6 Å². The molecule has 0 saturated heterocycles. The molecule has 0 radical (unpaired) electrons. The van der Waals surface area contributed by atoms with Gasteiger partial charge in [-0.05, 0) is 44.3 Å². The summed E-state index contributed by atoms with van der Waals surface area (Å²) in [5, 5.41) is 11.9. The summed E-state index contributed by atoms with van der Waals surface area (Å²) in [6, 6.07) is 5.96. The van der Waals surface area contributed by atoms with E-state index >= 15 is 0 Å². The number of H-pyrrole nitrogens is 2. The van der Waals surface area contributed by atoms with E-state index in [-0.39, 0.29) is 0 Å². The summed E-state index contributed by atoms with van der Waals surface area (Å²) in [5.74, 6) is 0.679. The second-order valence-corrected chi connectivity index (χ2v) is 9.05. The maximum atomic E-state index is 4.89. The quantitative estimate of drug-likeness (QED) is 0.310. The number of likely N-dealkylation sites (N-methyl/N-ethyl adjacent to an activating group) is 1. The predicted molar refractivity (Wildman–Crippen MR) is 143 cm³/mol. The molecule has 3 N–H and O–H groups in total. The largest absolute Gasteiger partial charge is 0.357 e. The highest BCUT2D eigenvalue weighted by molar-refractivity contribution is 5.97. The highest BCUT2D eigenvalue weighted by atomic mass is 15.1. The molecule has 9 nitrogen and oxygen atoms in total. The molecule has 5 aromatic rings.